The van der Waals surface area contributed by atoms with Gasteiger partial charge in [0.2, 0.25) is 0 Å². The van der Waals surface area contributed by atoms with Crippen LogP contribution in [0.5, 0.6) is 0 Å². The number of carbonyl (C=O) groups is 3. The molecule has 0 bridgehead atoms. The lowest BCUT2D eigenvalue weighted by atomic mass is 10.0. The Morgan fingerprint density at radius 3 is 0.900 bits per heavy atom. The molecule has 0 fully saturated rings. The molecule has 402 valence electrons. The number of allylic oxidation sites excluding steroid dienone is 14. The van der Waals surface area contributed by atoms with Crippen molar-refractivity contribution in [1.82, 2.24) is 0 Å². The van der Waals surface area contributed by atoms with Crippen LogP contribution in [0.2, 0.25) is 0 Å². The third kappa shape index (κ3) is 55.5. The summed E-state index contributed by atoms with van der Waals surface area (Å²) in [5.41, 5.74) is 0. The highest BCUT2D eigenvalue weighted by atomic mass is 16.6. The molecule has 0 aliphatic rings. The summed E-state index contributed by atoms with van der Waals surface area (Å²) < 4.78 is 16.8. The van der Waals surface area contributed by atoms with Crippen molar-refractivity contribution in [2.24, 2.45) is 0 Å². The lowest BCUT2D eigenvalue weighted by Gasteiger charge is -2.18. The second kappa shape index (κ2) is 58.2. The van der Waals surface area contributed by atoms with E-state index in [1.54, 1.807) is 0 Å². The van der Waals surface area contributed by atoms with Gasteiger partial charge in [0.25, 0.3) is 0 Å². The van der Waals surface area contributed by atoms with Crippen molar-refractivity contribution < 1.29 is 28.6 Å². The van der Waals surface area contributed by atoms with E-state index in [4.69, 9.17) is 14.2 Å². The Kier molecular flexibility index (Phi) is 55.3. The van der Waals surface area contributed by atoms with Gasteiger partial charge in [0.15, 0.2) is 6.10 Å². The Balaban J connectivity index is 4.24. The summed E-state index contributed by atoms with van der Waals surface area (Å²) >= 11 is 0. The Labute approximate surface area is 433 Å². The highest BCUT2D eigenvalue weighted by Crippen LogP contribution is 2.15. The lowest BCUT2D eigenvalue weighted by Crippen LogP contribution is -2.30. The molecule has 0 aliphatic heterocycles. The molecule has 0 radical (unpaired) electrons. The fourth-order valence-electron chi connectivity index (χ4n) is 8.21. The lowest BCUT2D eigenvalue weighted by molar-refractivity contribution is -0.167. The van der Waals surface area contributed by atoms with Crippen LogP contribution in [-0.2, 0) is 28.6 Å². The first-order valence-electron chi connectivity index (χ1n) is 29.6. The largest absolute Gasteiger partial charge is 0.462 e. The Bertz CT molecular complexity index is 1350. The van der Waals surface area contributed by atoms with Gasteiger partial charge in [-0.1, -0.05) is 254 Å². The van der Waals surface area contributed by atoms with E-state index < -0.39 is 6.10 Å². The van der Waals surface area contributed by atoms with Crippen molar-refractivity contribution in [2.45, 2.75) is 290 Å². The number of esters is 3. The van der Waals surface area contributed by atoms with E-state index in [1.807, 2.05) is 0 Å². The minimum atomic E-state index is -0.782. The number of rotatable bonds is 53. The van der Waals surface area contributed by atoms with E-state index in [9.17, 15) is 14.4 Å². The van der Waals surface area contributed by atoms with Crippen molar-refractivity contribution in [3.8, 4) is 0 Å². The molecule has 6 nitrogen and oxygen atoms in total. The SMILES string of the molecule is CC/C=C\C/C=C\C/C=C\C/C=C\C/C=C\CCCCCCCCCCCCCC(=O)OCC(COC(=O)CCCCCCCCCCCC)OC(=O)CCCCCCC/C=C\C/C=C\CCCCC. The maximum Gasteiger partial charge on any atom is 0.306 e. The van der Waals surface area contributed by atoms with E-state index in [0.29, 0.717) is 19.3 Å². The van der Waals surface area contributed by atoms with Gasteiger partial charge in [-0.05, 0) is 96.3 Å². The molecule has 0 aromatic carbocycles. The Morgan fingerprint density at radius 2 is 0.557 bits per heavy atom. The van der Waals surface area contributed by atoms with Gasteiger partial charge >= 0.3 is 17.9 Å². The van der Waals surface area contributed by atoms with Crippen LogP contribution < -0.4 is 0 Å². The van der Waals surface area contributed by atoms with Gasteiger partial charge in [0.1, 0.15) is 13.2 Å². The van der Waals surface area contributed by atoms with E-state index in [0.717, 1.165) is 116 Å². The van der Waals surface area contributed by atoms with Crippen LogP contribution in [0.4, 0.5) is 0 Å². The molecule has 0 saturated carbocycles. The number of carbonyl (C=O) groups excluding carboxylic acids is 3. The second-order valence-electron chi connectivity index (χ2n) is 19.5. The summed E-state index contributed by atoms with van der Waals surface area (Å²) in [6.07, 6.45) is 75.8. The number of ether oxygens (including phenoxy) is 3. The van der Waals surface area contributed by atoms with Gasteiger partial charge in [0, 0.05) is 19.3 Å². The first-order valence-corrected chi connectivity index (χ1v) is 29.6. The second-order valence-corrected chi connectivity index (χ2v) is 19.5. The van der Waals surface area contributed by atoms with Crippen LogP contribution in [0.1, 0.15) is 284 Å². The van der Waals surface area contributed by atoms with E-state index in [2.05, 4.69) is 106 Å². The Morgan fingerprint density at radius 1 is 0.300 bits per heavy atom. The molecule has 0 spiro atoms. The summed E-state index contributed by atoms with van der Waals surface area (Å²) in [6, 6.07) is 0. The fourth-order valence-corrected chi connectivity index (χ4v) is 8.21. The molecule has 0 N–H and O–H groups in total. The van der Waals surface area contributed by atoms with Crippen LogP contribution in [0, 0.1) is 0 Å². The molecule has 0 heterocycles. The minimum Gasteiger partial charge on any atom is -0.462 e. The average Bonchev–Trinajstić information content (AvgIpc) is 3.36. The molecule has 0 aliphatic carbocycles. The van der Waals surface area contributed by atoms with Gasteiger partial charge in [-0.25, -0.2) is 0 Å². The molecule has 0 aromatic heterocycles. The van der Waals surface area contributed by atoms with Crippen LogP contribution >= 0.6 is 0 Å². The van der Waals surface area contributed by atoms with Crippen LogP contribution in [0.15, 0.2) is 85.1 Å². The average molecular weight is 976 g/mol. The summed E-state index contributed by atoms with van der Waals surface area (Å²) in [6.45, 7) is 6.49. The summed E-state index contributed by atoms with van der Waals surface area (Å²) in [5.74, 6) is -0.892. The molecular formula is C64H110O6. The van der Waals surface area contributed by atoms with Gasteiger partial charge in [-0.2, -0.15) is 0 Å². The van der Waals surface area contributed by atoms with E-state index in [-0.39, 0.29) is 31.1 Å². The molecule has 0 rings (SSSR count). The summed E-state index contributed by atoms with van der Waals surface area (Å²) in [7, 11) is 0. The smallest absolute Gasteiger partial charge is 0.306 e. The standard InChI is InChI=1S/C64H110O6/c1-4-7-10-13-16-19-22-24-26-27-28-29-30-31-32-33-34-35-36-37-39-40-42-45-48-51-54-57-63(66)69-60-61(59-68-62(65)56-53-50-47-44-21-18-15-12-9-6-3)70-64(67)58-55-52-49-46-43-41-38-25-23-20-17-14-11-8-5-2/h7,10,16-17,19-20,24-26,28-29,31-32,38,61H,4-6,8-9,11-15,18,21-23,27,30,33-37,39-60H2,1-3H3/b10-7-,19-16-,20-17-,26-24-,29-28-,32-31-,38-25-. The van der Waals surface area contributed by atoms with Gasteiger partial charge in [-0.3, -0.25) is 14.4 Å². The predicted molar refractivity (Wildman–Crippen MR) is 302 cm³/mol. The van der Waals surface area contributed by atoms with Crippen molar-refractivity contribution in [3.05, 3.63) is 85.1 Å². The van der Waals surface area contributed by atoms with Crippen molar-refractivity contribution in [3.63, 3.8) is 0 Å². The highest BCUT2D eigenvalue weighted by Gasteiger charge is 2.19. The van der Waals surface area contributed by atoms with Crippen LogP contribution in [-0.4, -0.2) is 37.2 Å². The normalized spacial score (nSPS) is 12.7. The zero-order valence-electron chi connectivity index (χ0n) is 46.0. The topological polar surface area (TPSA) is 78.9 Å². The summed E-state index contributed by atoms with van der Waals surface area (Å²) in [5, 5.41) is 0. The van der Waals surface area contributed by atoms with Crippen LogP contribution in [0.25, 0.3) is 0 Å². The molecule has 1 unspecified atom stereocenters. The molecule has 6 heteroatoms. The first-order chi connectivity index (χ1) is 34.5. The first kappa shape index (κ1) is 66.6. The monoisotopic (exact) mass is 975 g/mol. The molecule has 0 aromatic rings. The van der Waals surface area contributed by atoms with Gasteiger partial charge in [0.05, 0.1) is 0 Å². The third-order valence-electron chi connectivity index (χ3n) is 12.6. The van der Waals surface area contributed by atoms with Crippen LogP contribution in [0.3, 0.4) is 0 Å². The van der Waals surface area contributed by atoms with E-state index >= 15 is 0 Å². The molecule has 70 heavy (non-hydrogen) atoms. The number of hydrogen-bond donors (Lipinski definition) is 0. The highest BCUT2D eigenvalue weighted by molar-refractivity contribution is 5.71. The zero-order chi connectivity index (χ0) is 50.7. The summed E-state index contributed by atoms with van der Waals surface area (Å²) in [4.78, 5) is 38.1. The van der Waals surface area contributed by atoms with Gasteiger partial charge in [-0.15, -0.1) is 0 Å². The molecule has 1 atom stereocenters. The quantitative estimate of drug-likeness (QED) is 0.0261. The predicted octanol–water partition coefficient (Wildman–Crippen LogP) is 19.9. The van der Waals surface area contributed by atoms with Gasteiger partial charge < -0.3 is 14.2 Å². The van der Waals surface area contributed by atoms with Crippen molar-refractivity contribution >= 4 is 17.9 Å². The van der Waals surface area contributed by atoms with E-state index in [1.165, 1.54) is 128 Å². The molecule has 0 amide bonds. The fraction of sp³-hybridized carbons (Fsp3) is 0.734. The van der Waals surface area contributed by atoms with Crippen molar-refractivity contribution in [1.29, 1.82) is 0 Å². The molecular weight excluding hydrogens is 865 g/mol. The van der Waals surface area contributed by atoms with Crippen molar-refractivity contribution in [2.75, 3.05) is 13.2 Å². The third-order valence-corrected chi connectivity index (χ3v) is 12.6. The zero-order valence-corrected chi connectivity index (χ0v) is 46.0. The molecule has 0 saturated heterocycles. The number of hydrogen-bond acceptors (Lipinski definition) is 6. The number of unbranched alkanes of at least 4 members (excludes halogenated alkanes) is 28. The Hall–Kier alpha value is -3.41. The maximum absolute atomic E-state index is 12.8. The maximum atomic E-state index is 12.8. The minimum absolute atomic E-state index is 0.0805.